The SMILES string of the molecule is COC(=O)C(NC(=O)N1CCN(c2ccc(OCC3COC(Cn4ccnc4)O3)cc2)CC1)C(C)C.Clc1cccc(Cl)c1. The molecule has 11 nitrogen and oxygen atoms in total. The molecule has 44 heavy (non-hydrogen) atoms. The monoisotopic (exact) mass is 647 g/mol. The third-order valence-corrected chi connectivity index (χ3v) is 7.59. The van der Waals surface area contributed by atoms with Crippen molar-refractivity contribution < 1.29 is 28.5 Å². The highest BCUT2D eigenvalue weighted by Crippen LogP contribution is 2.22. The van der Waals surface area contributed by atoms with Gasteiger partial charge >= 0.3 is 12.0 Å². The lowest BCUT2D eigenvalue weighted by atomic mass is 10.1. The zero-order valence-corrected chi connectivity index (χ0v) is 26.6. The van der Waals surface area contributed by atoms with Crippen LogP contribution >= 0.6 is 23.2 Å². The number of halogens is 2. The van der Waals surface area contributed by atoms with Crippen molar-refractivity contribution in [1.29, 1.82) is 0 Å². The molecule has 0 spiro atoms. The first-order valence-electron chi connectivity index (χ1n) is 14.5. The summed E-state index contributed by atoms with van der Waals surface area (Å²) in [4.78, 5) is 32.6. The number of methoxy groups -OCH3 is 1. The Morgan fingerprint density at radius 1 is 1.07 bits per heavy atom. The Morgan fingerprint density at radius 2 is 1.77 bits per heavy atom. The van der Waals surface area contributed by atoms with Crippen LogP contribution in [0.15, 0.2) is 67.3 Å². The van der Waals surface area contributed by atoms with Gasteiger partial charge in [0, 0.05) is 54.3 Å². The maximum absolute atomic E-state index is 12.7. The number of hydrogen-bond donors (Lipinski definition) is 1. The van der Waals surface area contributed by atoms with Crippen LogP contribution in [0.2, 0.25) is 10.0 Å². The van der Waals surface area contributed by atoms with Gasteiger partial charge in [-0.1, -0.05) is 43.1 Å². The number of hydrogen-bond acceptors (Lipinski definition) is 8. The molecule has 1 N–H and O–H groups in total. The molecular weight excluding hydrogens is 609 g/mol. The topological polar surface area (TPSA) is 107 Å². The standard InChI is InChI=1S/C25H35N5O6.C6H4Cl2/c1-18(2)23(24(31)33-3)27-25(32)30-12-10-29(11-13-30)19-4-6-20(7-5-19)34-15-21-16-35-22(36-21)14-28-9-8-26-17-28;7-5-2-1-3-6(8)4-5/h4-9,17-18,21-23H,10-16H2,1-3H3,(H,27,32);1-4H. The van der Waals surface area contributed by atoms with E-state index >= 15 is 0 Å². The van der Waals surface area contributed by atoms with Crippen molar-refractivity contribution in [2.24, 2.45) is 5.92 Å². The van der Waals surface area contributed by atoms with Crippen LogP contribution in [-0.4, -0.2) is 91.4 Å². The van der Waals surface area contributed by atoms with Gasteiger partial charge in [-0.05, 0) is 48.4 Å². The number of rotatable bonds is 9. The van der Waals surface area contributed by atoms with E-state index in [2.05, 4.69) is 15.2 Å². The predicted molar refractivity (Wildman–Crippen MR) is 168 cm³/mol. The third-order valence-electron chi connectivity index (χ3n) is 7.12. The number of nitrogens with one attached hydrogen (secondary N) is 1. The lowest BCUT2D eigenvalue weighted by Crippen LogP contribution is -2.55. The van der Waals surface area contributed by atoms with Gasteiger partial charge in [-0.2, -0.15) is 0 Å². The number of esters is 1. The van der Waals surface area contributed by atoms with Crippen molar-refractivity contribution >= 4 is 40.9 Å². The molecule has 2 aliphatic heterocycles. The van der Waals surface area contributed by atoms with Crippen LogP contribution < -0.4 is 15.0 Å². The van der Waals surface area contributed by atoms with E-state index in [9.17, 15) is 9.59 Å². The van der Waals surface area contributed by atoms with E-state index in [1.165, 1.54) is 7.11 Å². The Morgan fingerprint density at radius 3 is 2.34 bits per heavy atom. The van der Waals surface area contributed by atoms with E-state index in [0.717, 1.165) is 11.4 Å². The summed E-state index contributed by atoms with van der Waals surface area (Å²) in [5.74, 6) is 0.279. The van der Waals surface area contributed by atoms with Gasteiger partial charge in [-0.25, -0.2) is 14.6 Å². The molecule has 0 radical (unpaired) electrons. The summed E-state index contributed by atoms with van der Waals surface area (Å²) in [6, 6.07) is 14.1. The van der Waals surface area contributed by atoms with Crippen molar-refractivity contribution in [1.82, 2.24) is 19.8 Å². The van der Waals surface area contributed by atoms with Crippen LogP contribution in [0.25, 0.3) is 0 Å². The van der Waals surface area contributed by atoms with E-state index < -0.39 is 12.0 Å². The highest BCUT2D eigenvalue weighted by molar-refractivity contribution is 6.34. The molecule has 2 saturated heterocycles. The second-order valence-corrected chi connectivity index (χ2v) is 11.6. The first-order valence-corrected chi connectivity index (χ1v) is 15.2. The number of amides is 2. The number of benzene rings is 2. The number of ether oxygens (including phenoxy) is 4. The molecule has 3 atom stereocenters. The fourth-order valence-corrected chi connectivity index (χ4v) is 5.11. The zero-order valence-electron chi connectivity index (χ0n) is 25.1. The molecular formula is C31H39Cl2N5O6. The lowest BCUT2D eigenvalue weighted by molar-refractivity contribution is -0.144. The summed E-state index contributed by atoms with van der Waals surface area (Å²) >= 11 is 11.1. The van der Waals surface area contributed by atoms with Crippen LogP contribution in [0, 0.1) is 5.92 Å². The molecule has 2 aromatic carbocycles. The van der Waals surface area contributed by atoms with Crippen LogP contribution in [0.5, 0.6) is 5.75 Å². The van der Waals surface area contributed by atoms with E-state index in [1.807, 2.05) is 54.9 Å². The van der Waals surface area contributed by atoms with Gasteiger partial charge in [0.2, 0.25) is 0 Å². The number of piperazine rings is 1. The van der Waals surface area contributed by atoms with Crippen LogP contribution in [0.1, 0.15) is 13.8 Å². The maximum atomic E-state index is 12.7. The molecule has 3 heterocycles. The van der Waals surface area contributed by atoms with E-state index in [-0.39, 0.29) is 24.3 Å². The Labute approximate surface area is 267 Å². The van der Waals surface area contributed by atoms with Crippen molar-refractivity contribution in [3.8, 4) is 5.75 Å². The molecule has 3 unspecified atom stereocenters. The number of urea groups is 1. The molecule has 2 amide bonds. The van der Waals surface area contributed by atoms with Gasteiger partial charge in [0.25, 0.3) is 0 Å². The summed E-state index contributed by atoms with van der Waals surface area (Å²) in [6.07, 6.45) is 4.92. The lowest BCUT2D eigenvalue weighted by Gasteiger charge is -2.36. The van der Waals surface area contributed by atoms with Gasteiger partial charge in [-0.3, -0.25) is 0 Å². The number of aromatic nitrogens is 2. The quantitative estimate of drug-likeness (QED) is 0.332. The smallest absolute Gasteiger partial charge is 0.328 e. The van der Waals surface area contributed by atoms with Gasteiger partial charge in [0.05, 0.1) is 26.6 Å². The fourth-order valence-electron chi connectivity index (χ4n) is 4.68. The van der Waals surface area contributed by atoms with Gasteiger partial charge in [0.15, 0.2) is 6.29 Å². The first-order chi connectivity index (χ1) is 21.2. The first kappa shape index (κ1) is 33.4. The predicted octanol–water partition coefficient (Wildman–Crippen LogP) is 4.73. The second kappa shape index (κ2) is 16.5. The van der Waals surface area contributed by atoms with Crippen LogP contribution in [0.3, 0.4) is 0 Å². The van der Waals surface area contributed by atoms with Crippen LogP contribution in [-0.2, 0) is 25.5 Å². The number of imidazole rings is 1. The molecule has 0 aliphatic carbocycles. The van der Waals surface area contributed by atoms with E-state index in [1.54, 1.807) is 35.6 Å². The van der Waals surface area contributed by atoms with E-state index in [4.69, 9.17) is 42.1 Å². The van der Waals surface area contributed by atoms with Crippen LogP contribution in [0.4, 0.5) is 10.5 Å². The Kier molecular flexibility index (Phi) is 12.5. The van der Waals surface area contributed by atoms with Gasteiger partial charge in [0.1, 0.15) is 24.5 Å². The number of carbonyl (C=O) groups is 2. The summed E-state index contributed by atoms with van der Waals surface area (Å²) in [7, 11) is 1.33. The summed E-state index contributed by atoms with van der Waals surface area (Å²) in [5.41, 5.74) is 1.07. The number of anilines is 1. The molecule has 0 saturated carbocycles. The summed E-state index contributed by atoms with van der Waals surface area (Å²) in [5, 5.41) is 4.16. The zero-order chi connectivity index (χ0) is 31.5. The summed E-state index contributed by atoms with van der Waals surface area (Å²) in [6.45, 7) is 7.79. The average molecular weight is 649 g/mol. The molecule has 2 fully saturated rings. The highest BCUT2D eigenvalue weighted by atomic mass is 35.5. The molecule has 2 aliphatic rings. The Hall–Kier alpha value is -3.51. The Balaban J connectivity index is 0.000000479. The van der Waals surface area contributed by atoms with Gasteiger partial charge < -0.3 is 38.6 Å². The van der Waals surface area contributed by atoms with Gasteiger partial charge in [-0.15, -0.1) is 0 Å². The minimum Gasteiger partial charge on any atom is -0.491 e. The molecule has 5 rings (SSSR count). The van der Waals surface area contributed by atoms with Crippen molar-refractivity contribution in [2.75, 3.05) is 51.4 Å². The molecule has 238 valence electrons. The average Bonchev–Trinajstić information content (AvgIpc) is 3.71. The minimum atomic E-state index is -0.656. The number of nitrogens with zero attached hydrogens (tertiary/aromatic N) is 4. The van der Waals surface area contributed by atoms with Crippen molar-refractivity contribution in [2.45, 2.75) is 38.8 Å². The largest absolute Gasteiger partial charge is 0.491 e. The van der Waals surface area contributed by atoms with Crippen molar-refractivity contribution in [3.63, 3.8) is 0 Å². The third kappa shape index (κ3) is 10.0. The summed E-state index contributed by atoms with van der Waals surface area (Å²) < 4.78 is 24.2. The second-order valence-electron chi connectivity index (χ2n) is 10.7. The van der Waals surface area contributed by atoms with E-state index in [0.29, 0.717) is 56.0 Å². The molecule has 3 aromatic rings. The number of carbonyl (C=O) groups excluding carboxylic acids is 2. The minimum absolute atomic E-state index is 0.0556. The maximum Gasteiger partial charge on any atom is 0.328 e. The Bertz CT molecular complexity index is 1300. The highest BCUT2D eigenvalue weighted by Gasteiger charge is 2.29. The molecule has 1 aromatic heterocycles. The fraction of sp³-hybridized carbons (Fsp3) is 0.452. The normalized spacial score (nSPS) is 18.8. The van der Waals surface area contributed by atoms with Crippen molar-refractivity contribution in [3.05, 3.63) is 77.3 Å². The molecule has 0 bridgehead atoms. The molecule has 13 heteroatoms.